The molecule has 0 aliphatic carbocycles. The number of hydrogen-bond acceptors (Lipinski definition) is 6. The molecule has 2 aromatic carbocycles. The molecule has 0 bridgehead atoms. The summed E-state index contributed by atoms with van der Waals surface area (Å²) in [6.07, 6.45) is 1.43. The standard InChI is InChI=1S/C19H16N2O4S/c20-14-9-4-5-11-16(14)26-19(15-10-6-12-25-15)17(21(23)24)18(22)13-7-2-1-3-8-13/h1-12,17,19H,20H2. The lowest BCUT2D eigenvalue weighted by molar-refractivity contribution is -0.505. The van der Waals surface area contributed by atoms with Crippen LogP contribution in [0.4, 0.5) is 5.69 Å². The number of thioether (sulfide) groups is 1. The van der Waals surface area contributed by atoms with Crippen molar-refractivity contribution in [2.45, 2.75) is 16.2 Å². The first-order valence-corrected chi connectivity index (χ1v) is 8.73. The molecule has 0 aliphatic heterocycles. The highest BCUT2D eigenvalue weighted by Crippen LogP contribution is 2.42. The molecule has 2 unspecified atom stereocenters. The second-order valence-electron chi connectivity index (χ2n) is 5.55. The zero-order chi connectivity index (χ0) is 18.5. The summed E-state index contributed by atoms with van der Waals surface area (Å²) in [4.78, 5) is 24.8. The van der Waals surface area contributed by atoms with Crippen molar-refractivity contribution in [3.05, 3.63) is 94.4 Å². The molecule has 3 aromatic rings. The number of ketones is 1. The maximum Gasteiger partial charge on any atom is 0.293 e. The number of nitrogens with two attached hydrogens (primary N) is 1. The molecule has 0 fully saturated rings. The van der Waals surface area contributed by atoms with Gasteiger partial charge in [-0.15, -0.1) is 11.8 Å². The first kappa shape index (κ1) is 17.8. The van der Waals surface area contributed by atoms with Crippen LogP contribution < -0.4 is 5.73 Å². The van der Waals surface area contributed by atoms with Crippen LogP contribution >= 0.6 is 11.8 Å². The highest BCUT2D eigenvalue weighted by molar-refractivity contribution is 7.99. The molecular weight excluding hydrogens is 352 g/mol. The van der Waals surface area contributed by atoms with Gasteiger partial charge in [0.1, 0.15) is 11.0 Å². The number of nitro groups is 1. The first-order chi connectivity index (χ1) is 12.6. The van der Waals surface area contributed by atoms with E-state index < -0.39 is 22.0 Å². The molecule has 2 N–H and O–H groups in total. The fourth-order valence-corrected chi connectivity index (χ4v) is 3.81. The van der Waals surface area contributed by atoms with Gasteiger partial charge in [-0.1, -0.05) is 42.5 Å². The van der Waals surface area contributed by atoms with Crippen molar-refractivity contribution >= 4 is 23.2 Å². The predicted molar refractivity (Wildman–Crippen MR) is 99.7 cm³/mol. The normalized spacial score (nSPS) is 13.1. The lowest BCUT2D eigenvalue weighted by atomic mass is 10.0. The molecule has 1 heterocycles. The summed E-state index contributed by atoms with van der Waals surface area (Å²) in [5.41, 5.74) is 6.75. The van der Waals surface area contributed by atoms with Gasteiger partial charge >= 0.3 is 0 Å². The Kier molecular flexibility index (Phi) is 5.38. The van der Waals surface area contributed by atoms with E-state index in [1.54, 1.807) is 66.7 Å². The van der Waals surface area contributed by atoms with Crippen LogP contribution in [0.15, 0.2) is 82.3 Å². The summed E-state index contributed by atoms with van der Waals surface area (Å²) in [5.74, 6) is -0.219. The molecule has 0 saturated carbocycles. The number of carbonyl (C=O) groups excluding carboxylic acids is 1. The van der Waals surface area contributed by atoms with Crippen LogP contribution in [0.3, 0.4) is 0 Å². The van der Waals surface area contributed by atoms with Gasteiger partial charge in [0.05, 0.1) is 6.26 Å². The van der Waals surface area contributed by atoms with Crippen LogP contribution in [-0.4, -0.2) is 16.7 Å². The molecule has 0 saturated heterocycles. The van der Waals surface area contributed by atoms with Crippen LogP contribution in [0.2, 0.25) is 0 Å². The molecule has 7 heteroatoms. The molecular formula is C19H16N2O4S. The fraction of sp³-hybridized carbons (Fsp3) is 0.105. The molecule has 0 amide bonds. The van der Waals surface area contributed by atoms with E-state index in [0.29, 0.717) is 16.3 Å². The Morgan fingerprint density at radius 3 is 2.35 bits per heavy atom. The van der Waals surface area contributed by atoms with Crippen molar-refractivity contribution < 1.29 is 14.1 Å². The van der Waals surface area contributed by atoms with Crippen LogP contribution in [0, 0.1) is 10.1 Å². The minimum absolute atomic E-state index is 0.285. The van der Waals surface area contributed by atoms with E-state index in [2.05, 4.69) is 0 Å². The van der Waals surface area contributed by atoms with Crippen LogP contribution in [0.1, 0.15) is 21.4 Å². The second-order valence-corrected chi connectivity index (χ2v) is 6.74. The summed E-state index contributed by atoms with van der Waals surface area (Å²) in [6, 6.07) is 17.0. The molecule has 0 aliphatic rings. The molecule has 3 rings (SSSR count). The number of anilines is 1. The maximum atomic E-state index is 12.9. The topological polar surface area (TPSA) is 99.4 Å². The van der Waals surface area contributed by atoms with Gasteiger partial charge in [-0.25, -0.2) is 0 Å². The lowest BCUT2D eigenvalue weighted by Gasteiger charge is -2.19. The molecule has 2 atom stereocenters. The van der Waals surface area contributed by atoms with Crippen molar-refractivity contribution in [1.82, 2.24) is 0 Å². The van der Waals surface area contributed by atoms with Crippen molar-refractivity contribution in [2.75, 3.05) is 5.73 Å². The number of nitrogen functional groups attached to an aromatic ring is 1. The van der Waals surface area contributed by atoms with Gasteiger partial charge in [0.15, 0.2) is 0 Å². The highest BCUT2D eigenvalue weighted by atomic mass is 32.2. The smallest absolute Gasteiger partial charge is 0.293 e. The Bertz CT molecular complexity index is 897. The highest BCUT2D eigenvalue weighted by Gasteiger charge is 2.42. The van der Waals surface area contributed by atoms with Crippen molar-refractivity contribution in [2.24, 2.45) is 0 Å². The number of rotatable bonds is 7. The van der Waals surface area contributed by atoms with Gasteiger partial charge in [-0.05, 0) is 24.3 Å². The SMILES string of the molecule is Nc1ccccc1SC(c1ccco1)C(C(=O)c1ccccc1)[N+](=O)[O-]. The zero-order valence-corrected chi connectivity index (χ0v) is 14.5. The zero-order valence-electron chi connectivity index (χ0n) is 13.6. The third-order valence-electron chi connectivity index (χ3n) is 3.84. The number of benzene rings is 2. The van der Waals surface area contributed by atoms with Gasteiger partial charge in [-0.3, -0.25) is 14.9 Å². The number of para-hydroxylation sites is 1. The maximum absolute atomic E-state index is 12.9. The number of Topliss-reactive ketones (excluding diaryl/α,β-unsaturated/α-hetero) is 1. The molecule has 6 nitrogen and oxygen atoms in total. The lowest BCUT2D eigenvalue weighted by Crippen LogP contribution is -2.34. The minimum atomic E-state index is -1.51. The van der Waals surface area contributed by atoms with E-state index in [4.69, 9.17) is 10.2 Å². The summed E-state index contributed by atoms with van der Waals surface area (Å²) >= 11 is 1.15. The number of hydrogen-bond donors (Lipinski definition) is 1. The van der Waals surface area contributed by atoms with E-state index in [9.17, 15) is 14.9 Å². The average Bonchev–Trinajstić information content (AvgIpc) is 3.17. The van der Waals surface area contributed by atoms with Crippen LogP contribution in [0.25, 0.3) is 0 Å². The molecule has 0 spiro atoms. The Labute approximate surface area is 154 Å². The van der Waals surface area contributed by atoms with Gasteiger partial charge < -0.3 is 10.2 Å². The number of carbonyl (C=O) groups is 1. The fourth-order valence-electron chi connectivity index (χ4n) is 2.57. The van der Waals surface area contributed by atoms with Gasteiger partial charge in [-0.2, -0.15) is 0 Å². The average molecular weight is 368 g/mol. The molecule has 132 valence electrons. The molecule has 1 aromatic heterocycles. The van der Waals surface area contributed by atoms with Crippen molar-refractivity contribution in [1.29, 1.82) is 0 Å². The summed E-state index contributed by atoms with van der Waals surface area (Å²) in [5, 5.41) is 11.0. The van der Waals surface area contributed by atoms with Crippen LogP contribution in [-0.2, 0) is 0 Å². The third kappa shape index (κ3) is 3.78. The first-order valence-electron chi connectivity index (χ1n) is 7.85. The Balaban J connectivity index is 2.02. The Morgan fingerprint density at radius 2 is 1.73 bits per heavy atom. The van der Waals surface area contributed by atoms with Crippen molar-refractivity contribution in [3.63, 3.8) is 0 Å². The Hall–Kier alpha value is -3.06. The number of furan rings is 1. The summed E-state index contributed by atoms with van der Waals surface area (Å²) in [6.45, 7) is 0. The summed E-state index contributed by atoms with van der Waals surface area (Å²) < 4.78 is 5.41. The largest absolute Gasteiger partial charge is 0.468 e. The van der Waals surface area contributed by atoms with E-state index in [1.165, 1.54) is 6.26 Å². The van der Waals surface area contributed by atoms with Crippen molar-refractivity contribution in [3.8, 4) is 0 Å². The second kappa shape index (κ2) is 7.88. The predicted octanol–water partition coefficient (Wildman–Crippen LogP) is 4.22. The third-order valence-corrected chi connectivity index (χ3v) is 5.21. The van der Waals surface area contributed by atoms with E-state index in [0.717, 1.165) is 11.8 Å². The van der Waals surface area contributed by atoms with E-state index in [-0.39, 0.29) is 5.56 Å². The Morgan fingerprint density at radius 1 is 1.04 bits per heavy atom. The van der Waals surface area contributed by atoms with Crippen LogP contribution in [0.5, 0.6) is 0 Å². The monoisotopic (exact) mass is 368 g/mol. The minimum Gasteiger partial charge on any atom is -0.468 e. The van der Waals surface area contributed by atoms with E-state index >= 15 is 0 Å². The quantitative estimate of drug-likeness (QED) is 0.220. The van der Waals surface area contributed by atoms with E-state index in [1.807, 2.05) is 0 Å². The molecule has 26 heavy (non-hydrogen) atoms. The molecule has 0 radical (unpaired) electrons. The van der Waals surface area contributed by atoms with Gasteiger partial charge in [0.2, 0.25) is 5.78 Å². The van der Waals surface area contributed by atoms with Gasteiger partial charge in [0, 0.05) is 21.1 Å². The number of nitrogens with zero attached hydrogens (tertiary/aromatic N) is 1. The van der Waals surface area contributed by atoms with Gasteiger partial charge in [0.25, 0.3) is 6.04 Å². The summed E-state index contributed by atoms with van der Waals surface area (Å²) in [7, 11) is 0.